The lowest BCUT2D eigenvalue weighted by molar-refractivity contribution is 0.0600. The largest absolute Gasteiger partial charge is 0.494 e. The zero-order valence-electron chi connectivity index (χ0n) is 14.8. The molecular weight excluding hydrogens is 332 g/mol. The van der Waals surface area contributed by atoms with Crippen molar-refractivity contribution >= 4 is 5.97 Å². The zero-order chi connectivity index (χ0) is 18.4. The van der Waals surface area contributed by atoms with Crippen molar-refractivity contribution in [3.63, 3.8) is 0 Å². The summed E-state index contributed by atoms with van der Waals surface area (Å²) in [6, 6.07) is 14.4. The van der Waals surface area contributed by atoms with Crippen LogP contribution >= 0.6 is 0 Å². The summed E-state index contributed by atoms with van der Waals surface area (Å²) < 4.78 is 16.1. The van der Waals surface area contributed by atoms with Gasteiger partial charge in [0.25, 0.3) is 0 Å². The third-order valence-corrected chi connectivity index (χ3v) is 3.85. The van der Waals surface area contributed by atoms with Gasteiger partial charge in [0.2, 0.25) is 11.8 Å². The van der Waals surface area contributed by atoms with Crippen LogP contribution in [0, 0.1) is 0 Å². The highest BCUT2D eigenvalue weighted by molar-refractivity contribution is 5.89. The quantitative estimate of drug-likeness (QED) is 0.464. The van der Waals surface area contributed by atoms with Gasteiger partial charge in [-0.25, -0.2) is 4.79 Å². The summed E-state index contributed by atoms with van der Waals surface area (Å²) in [6.45, 7) is 2.84. The van der Waals surface area contributed by atoms with E-state index in [1.54, 1.807) is 24.3 Å². The standard InChI is InChI=1S/C20H20N2O4/c1-3-4-13-25-17-11-9-15(10-12-17)19-22-21-18(26-19)14-5-7-16(8-6-14)20(23)24-2/h5-12H,3-4,13H2,1-2H3. The summed E-state index contributed by atoms with van der Waals surface area (Å²) in [6.07, 6.45) is 2.13. The van der Waals surface area contributed by atoms with Crippen molar-refractivity contribution in [3.8, 4) is 28.7 Å². The number of hydrogen-bond donors (Lipinski definition) is 0. The molecule has 0 radical (unpaired) electrons. The maximum Gasteiger partial charge on any atom is 0.337 e. The Balaban J connectivity index is 1.72. The van der Waals surface area contributed by atoms with E-state index in [-0.39, 0.29) is 5.97 Å². The second kappa shape index (κ2) is 8.29. The molecule has 0 aliphatic rings. The molecule has 0 aliphatic carbocycles. The molecule has 2 aromatic carbocycles. The van der Waals surface area contributed by atoms with Gasteiger partial charge < -0.3 is 13.9 Å². The van der Waals surface area contributed by atoms with Crippen LogP contribution in [0.15, 0.2) is 52.9 Å². The molecule has 0 aliphatic heterocycles. The van der Waals surface area contributed by atoms with E-state index in [1.807, 2.05) is 24.3 Å². The van der Waals surface area contributed by atoms with Gasteiger partial charge in [0.1, 0.15) is 5.75 Å². The Labute approximate surface area is 151 Å². The molecule has 0 spiro atoms. The molecule has 1 aromatic heterocycles. The first-order valence-electron chi connectivity index (χ1n) is 8.46. The monoisotopic (exact) mass is 352 g/mol. The van der Waals surface area contributed by atoms with Gasteiger partial charge in [-0.05, 0) is 55.0 Å². The predicted molar refractivity (Wildman–Crippen MR) is 96.9 cm³/mol. The van der Waals surface area contributed by atoms with Crippen LogP contribution in [0.3, 0.4) is 0 Å². The Morgan fingerprint density at radius 2 is 1.54 bits per heavy atom. The Bertz CT molecular complexity index is 854. The number of nitrogens with zero attached hydrogens (tertiary/aromatic N) is 2. The lowest BCUT2D eigenvalue weighted by Crippen LogP contribution is -2.00. The summed E-state index contributed by atoms with van der Waals surface area (Å²) in [5, 5.41) is 8.17. The summed E-state index contributed by atoms with van der Waals surface area (Å²) >= 11 is 0. The van der Waals surface area contributed by atoms with Gasteiger partial charge in [0, 0.05) is 11.1 Å². The van der Waals surface area contributed by atoms with Crippen LogP contribution in [-0.4, -0.2) is 29.9 Å². The molecule has 0 unspecified atom stereocenters. The number of ether oxygens (including phenoxy) is 2. The number of hydrogen-bond acceptors (Lipinski definition) is 6. The van der Waals surface area contributed by atoms with Gasteiger partial charge in [-0.15, -0.1) is 10.2 Å². The fourth-order valence-corrected chi connectivity index (χ4v) is 2.35. The highest BCUT2D eigenvalue weighted by Gasteiger charge is 2.12. The van der Waals surface area contributed by atoms with Crippen molar-refractivity contribution in [2.45, 2.75) is 19.8 Å². The molecule has 1 heterocycles. The van der Waals surface area contributed by atoms with Crippen molar-refractivity contribution in [2.75, 3.05) is 13.7 Å². The van der Waals surface area contributed by atoms with Crippen LogP contribution < -0.4 is 4.74 Å². The van der Waals surface area contributed by atoms with E-state index in [1.165, 1.54) is 7.11 Å². The average molecular weight is 352 g/mol. The smallest absolute Gasteiger partial charge is 0.337 e. The molecule has 26 heavy (non-hydrogen) atoms. The second-order valence-electron chi connectivity index (χ2n) is 5.71. The molecule has 0 fully saturated rings. The molecule has 0 atom stereocenters. The van der Waals surface area contributed by atoms with E-state index in [4.69, 9.17) is 9.15 Å². The van der Waals surface area contributed by atoms with Crippen molar-refractivity contribution < 1.29 is 18.7 Å². The van der Waals surface area contributed by atoms with E-state index in [2.05, 4.69) is 21.9 Å². The molecular formula is C20H20N2O4. The Hall–Kier alpha value is -3.15. The minimum absolute atomic E-state index is 0.385. The first-order valence-corrected chi connectivity index (χ1v) is 8.46. The topological polar surface area (TPSA) is 74.5 Å². The first-order chi connectivity index (χ1) is 12.7. The summed E-state index contributed by atoms with van der Waals surface area (Å²) in [4.78, 5) is 11.5. The Morgan fingerprint density at radius 1 is 0.962 bits per heavy atom. The van der Waals surface area contributed by atoms with Crippen molar-refractivity contribution in [1.82, 2.24) is 10.2 Å². The molecule has 0 N–H and O–H groups in total. The molecule has 3 rings (SSSR count). The average Bonchev–Trinajstić information content (AvgIpc) is 3.18. The minimum atomic E-state index is -0.385. The lowest BCUT2D eigenvalue weighted by Gasteiger charge is -2.05. The number of benzene rings is 2. The number of carbonyl (C=O) groups excluding carboxylic acids is 1. The van der Waals surface area contributed by atoms with Crippen molar-refractivity contribution in [2.24, 2.45) is 0 Å². The van der Waals surface area contributed by atoms with Gasteiger partial charge in [-0.2, -0.15) is 0 Å². The van der Waals surface area contributed by atoms with Crippen molar-refractivity contribution in [1.29, 1.82) is 0 Å². The molecule has 3 aromatic rings. The molecule has 6 heteroatoms. The van der Waals surface area contributed by atoms with E-state index >= 15 is 0 Å². The van der Waals surface area contributed by atoms with Gasteiger partial charge in [0.05, 0.1) is 19.3 Å². The number of carbonyl (C=O) groups is 1. The van der Waals surface area contributed by atoms with Crippen LogP contribution in [0.25, 0.3) is 22.9 Å². The highest BCUT2D eigenvalue weighted by Crippen LogP contribution is 2.25. The van der Waals surface area contributed by atoms with Gasteiger partial charge in [0.15, 0.2) is 0 Å². The minimum Gasteiger partial charge on any atom is -0.494 e. The van der Waals surface area contributed by atoms with Gasteiger partial charge in [-0.1, -0.05) is 13.3 Å². The van der Waals surface area contributed by atoms with Gasteiger partial charge >= 0.3 is 5.97 Å². The number of rotatable bonds is 7. The third kappa shape index (κ3) is 4.08. The van der Waals surface area contributed by atoms with Crippen LogP contribution in [-0.2, 0) is 4.74 Å². The van der Waals surface area contributed by atoms with E-state index in [0.717, 1.165) is 29.7 Å². The van der Waals surface area contributed by atoms with Crippen molar-refractivity contribution in [3.05, 3.63) is 54.1 Å². The van der Waals surface area contributed by atoms with E-state index < -0.39 is 0 Å². The van der Waals surface area contributed by atoms with Crippen LogP contribution in [0.4, 0.5) is 0 Å². The van der Waals surface area contributed by atoms with Crippen LogP contribution in [0.1, 0.15) is 30.1 Å². The summed E-state index contributed by atoms with van der Waals surface area (Å²) in [7, 11) is 1.35. The number of aromatic nitrogens is 2. The molecule has 0 bridgehead atoms. The SMILES string of the molecule is CCCCOc1ccc(-c2nnc(-c3ccc(C(=O)OC)cc3)o2)cc1. The van der Waals surface area contributed by atoms with Crippen LogP contribution in [0.2, 0.25) is 0 Å². The number of esters is 1. The Morgan fingerprint density at radius 3 is 2.08 bits per heavy atom. The van der Waals surface area contributed by atoms with Gasteiger partial charge in [-0.3, -0.25) is 0 Å². The molecule has 0 amide bonds. The Kier molecular flexibility index (Phi) is 5.63. The third-order valence-electron chi connectivity index (χ3n) is 3.85. The van der Waals surface area contributed by atoms with Crippen LogP contribution in [0.5, 0.6) is 5.75 Å². The summed E-state index contributed by atoms with van der Waals surface area (Å²) in [5.41, 5.74) is 2.02. The van der Waals surface area contributed by atoms with E-state index in [9.17, 15) is 4.79 Å². The lowest BCUT2D eigenvalue weighted by atomic mass is 10.1. The van der Waals surface area contributed by atoms with E-state index in [0.29, 0.717) is 24.0 Å². The number of methoxy groups -OCH3 is 1. The molecule has 134 valence electrons. The molecule has 6 nitrogen and oxygen atoms in total. The normalized spacial score (nSPS) is 10.5. The summed E-state index contributed by atoms with van der Waals surface area (Å²) in [5.74, 6) is 1.25. The maximum atomic E-state index is 11.5. The molecule has 0 saturated heterocycles. The highest BCUT2D eigenvalue weighted by atomic mass is 16.5. The predicted octanol–water partition coefficient (Wildman–Crippen LogP) is 4.37. The maximum absolute atomic E-state index is 11.5. The fourth-order valence-electron chi connectivity index (χ4n) is 2.35. The number of unbranched alkanes of at least 4 members (excludes halogenated alkanes) is 1. The second-order valence-corrected chi connectivity index (χ2v) is 5.71. The fraction of sp³-hybridized carbons (Fsp3) is 0.250. The molecule has 0 saturated carbocycles. The first kappa shape index (κ1) is 17.7. The zero-order valence-corrected chi connectivity index (χ0v) is 14.8.